The van der Waals surface area contributed by atoms with Crippen LogP contribution in [-0.4, -0.2) is 6.10 Å². The lowest BCUT2D eigenvalue weighted by molar-refractivity contribution is 0.0419. The van der Waals surface area contributed by atoms with Crippen molar-refractivity contribution in [1.82, 2.24) is 5.48 Å². The van der Waals surface area contributed by atoms with Crippen molar-refractivity contribution in [2.24, 2.45) is 0 Å². The minimum absolute atomic E-state index is 0.185. The molecule has 0 radical (unpaired) electrons. The van der Waals surface area contributed by atoms with Crippen molar-refractivity contribution in [3.05, 3.63) is 46.6 Å². The topological polar surface area (TPSA) is 21.3 Å². The molecular formula is C11H12BrNO. The Morgan fingerprint density at radius 3 is 2.71 bits per heavy atom. The summed E-state index contributed by atoms with van der Waals surface area (Å²) in [7, 11) is 0. The first-order valence-electron chi connectivity index (χ1n) is 4.67. The third-order valence-corrected chi connectivity index (χ3v) is 2.63. The van der Waals surface area contributed by atoms with Crippen molar-refractivity contribution in [1.29, 1.82) is 0 Å². The van der Waals surface area contributed by atoms with Gasteiger partial charge in [-0.3, -0.25) is 10.3 Å². The van der Waals surface area contributed by atoms with E-state index in [1.807, 2.05) is 12.1 Å². The lowest BCUT2D eigenvalue weighted by Crippen LogP contribution is -2.11. The highest BCUT2D eigenvalue weighted by Gasteiger charge is 2.13. The summed E-state index contributed by atoms with van der Waals surface area (Å²) in [6.07, 6.45) is 4.28. The van der Waals surface area contributed by atoms with Crippen molar-refractivity contribution in [3.8, 4) is 0 Å². The molecule has 2 rings (SSSR count). The first-order chi connectivity index (χ1) is 6.84. The van der Waals surface area contributed by atoms with E-state index in [0.717, 1.165) is 17.4 Å². The number of hydrogen-bond donors (Lipinski definition) is 1. The Hall–Kier alpha value is -0.800. The molecule has 1 aromatic rings. The van der Waals surface area contributed by atoms with Gasteiger partial charge < -0.3 is 0 Å². The zero-order chi connectivity index (χ0) is 9.80. The lowest BCUT2D eigenvalue weighted by Gasteiger charge is -2.06. The predicted molar refractivity (Wildman–Crippen MR) is 59.8 cm³/mol. The van der Waals surface area contributed by atoms with E-state index in [9.17, 15) is 0 Å². The monoisotopic (exact) mass is 253 g/mol. The molecule has 2 nitrogen and oxygen atoms in total. The molecule has 0 saturated heterocycles. The molecule has 0 spiro atoms. The third-order valence-electron chi connectivity index (χ3n) is 2.20. The molecule has 0 aromatic heterocycles. The molecule has 1 aliphatic rings. The first kappa shape index (κ1) is 9.74. The lowest BCUT2D eigenvalue weighted by atomic mass is 10.1. The summed E-state index contributed by atoms with van der Waals surface area (Å²) in [4.78, 5) is 5.30. The van der Waals surface area contributed by atoms with Crippen LogP contribution in [0.1, 0.15) is 12.0 Å². The van der Waals surface area contributed by atoms with Gasteiger partial charge in [0, 0.05) is 0 Å². The molecule has 74 valence electrons. The fourth-order valence-corrected chi connectivity index (χ4v) is 1.85. The Bertz CT molecular complexity index is 323. The molecule has 1 aliphatic heterocycles. The fourth-order valence-electron chi connectivity index (χ4n) is 1.46. The van der Waals surface area contributed by atoms with Crippen LogP contribution in [-0.2, 0) is 11.3 Å². The summed E-state index contributed by atoms with van der Waals surface area (Å²) >= 11 is 3.33. The molecule has 0 bridgehead atoms. The molecule has 1 heterocycles. The van der Waals surface area contributed by atoms with E-state index in [4.69, 9.17) is 4.84 Å². The van der Waals surface area contributed by atoms with Gasteiger partial charge in [-0.15, -0.1) is 0 Å². The Kier molecular flexibility index (Phi) is 3.22. The summed E-state index contributed by atoms with van der Waals surface area (Å²) in [5, 5.41) is 0. The van der Waals surface area contributed by atoms with Gasteiger partial charge in [-0.25, -0.2) is 0 Å². The highest BCUT2D eigenvalue weighted by Crippen LogP contribution is 2.16. The van der Waals surface area contributed by atoms with Gasteiger partial charge in [0.25, 0.3) is 0 Å². The third kappa shape index (κ3) is 2.59. The molecule has 0 fully saturated rings. The van der Waals surface area contributed by atoms with E-state index < -0.39 is 0 Å². The van der Waals surface area contributed by atoms with Crippen LogP contribution in [0.3, 0.4) is 0 Å². The van der Waals surface area contributed by atoms with Gasteiger partial charge in [-0.1, -0.05) is 30.3 Å². The summed E-state index contributed by atoms with van der Waals surface area (Å²) in [5.41, 5.74) is 4.14. The number of benzene rings is 1. The van der Waals surface area contributed by atoms with Gasteiger partial charge in [0.1, 0.15) is 10.7 Å². The summed E-state index contributed by atoms with van der Waals surface area (Å²) in [6.45, 7) is 0. The van der Waals surface area contributed by atoms with Crippen LogP contribution < -0.4 is 5.48 Å². The van der Waals surface area contributed by atoms with Crippen molar-refractivity contribution in [2.45, 2.75) is 18.9 Å². The second-order valence-corrected chi connectivity index (χ2v) is 4.15. The van der Waals surface area contributed by atoms with Gasteiger partial charge in [0.05, 0.1) is 0 Å². The van der Waals surface area contributed by atoms with E-state index in [1.165, 1.54) is 5.56 Å². The van der Waals surface area contributed by atoms with Crippen LogP contribution >= 0.6 is 15.9 Å². The maximum atomic E-state index is 5.30. The average molecular weight is 254 g/mol. The van der Waals surface area contributed by atoms with Crippen molar-refractivity contribution in [3.63, 3.8) is 0 Å². The van der Waals surface area contributed by atoms with Gasteiger partial charge >= 0.3 is 0 Å². The SMILES string of the molecule is BrC1=C[C@H](CCc2ccccc2)ON1. The van der Waals surface area contributed by atoms with Crippen LogP contribution in [0.4, 0.5) is 0 Å². The quantitative estimate of drug-likeness (QED) is 0.837. The van der Waals surface area contributed by atoms with Gasteiger partial charge in [0.2, 0.25) is 0 Å². The maximum absolute atomic E-state index is 5.30. The summed E-state index contributed by atoms with van der Waals surface area (Å²) in [6, 6.07) is 10.4. The van der Waals surface area contributed by atoms with Gasteiger partial charge in [-0.05, 0) is 40.4 Å². The van der Waals surface area contributed by atoms with E-state index in [-0.39, 0.29) is 6.10 Å². The molecule has 3 heteroatoms. The highest BCUT2D eigenvalue weighted by molar-refractivity contribution is 9.11. The van der Waals surface area contributed by atoms with E-state index in [0.29, 0.717) is 0 Å². The zero-order valence-electron chi connectivity index (χ0n) is 7.74. The molecule has 0 unspecified atom stereocenters. The Morgan fingerprint density at radius 2 is 2.07 bits per heavy atom. The minimum atomic E-state index is 0.185. The second-order valence-electron chi connectivity index (χ2n) is 3.30. The minimum Gasteiger partial charge on any atom is -0.268 e. The number of aryl methyl sites for hydroxylation is 1. The molecule has 1 atom stereocenters. The molecule has 0 aliphatic carbocycles. The first-order valence-corrected chi connectivity index (χ1v) is 5.47. The Morgan fingerprint density at radius 1 is 1.29 bits per heavy atom. The van der Waals surface area contributed by atoms with Crippen LogP contribution in [0.25, 0.3) is 0 Å². The van der Waals surface area contributed by atoms with Gasteiger partial charge in [-0.2, -0.15) is 0 Å². The Balaban J connectivity index is 1.84. The largest absolute Gasteiger partial charge is 0.268 e. The maximum Gasteiger partial charge on any atom is 0.107 e. The number of rotatable bonds is 3. The number of nitrogens with one attached hydrogen (secondary N) is 1. The van der Waals surface area contributed by atoms with Crippen molar-refractivity contribution < 1.29 is 4.84 Å². The van der Waals surface area contributed by atoms with Crippen molar-refractivity contribution >= 4 is 15.9 Å². The molecule has 0 amide bonds. The molecule has 1 aromatic carbocycles. The fraction of sp³-hybridized carbons (Fsp3) is 0.273. The molecule has 1 N–H and O–H groups in total. The van der Waals surface area contributed by atoms with Crippen molar-refractivity contribution in [2.75, 3.05) is 0 Å². The van der Waals surface area contributed by atoms with E-state index in [2.05, 4.69) is 45.7 Å². The van der Waals surface area contributed by atoms with Crippen LogP contribution in [0, 0.1) is 0 Å². The standard InChI is InChI=1S/C11H12BrNO/c12-11-8-10(14-13-11)7-6-9-4-2-1-3-5-9/h1-5,8,10,13H,6-7H2/t10-/m0/s1. The van der Waals surface area contributed by atoms with Crippen LogP contribution in [0.5, 0.6) is 0 Å². The van der Waals surface area contributed by atoms with Crippen LogP contribution in [0.2, 0.25) is 0 Å². The number of hydrogen-bond acceptors (Lipinski definition) is 2. The smallest absolute Gasteiger partial charge is 0.107 e. The van der Waals surface area contributed by atoms with E-state index >= 15 is 0 Å². The predicted octanol–water partition coefficient (Wildman–Crippen LogP) is 2.76. The number of hydroxylamine groups is 1. The van der Waals surface area contributed by atoms with E-state index in [1.54, 1.807) is 0 Å². The highest BCUT2D eigenvalue weighted by atomic mass is 79.9. The summed E-state index contributed by atoms with van der Waals surface area (Å²) in [5.74, 6) is 0. The summed E-state index contributed by atoms with van der Waals surface area (Å²) < 4.78 is 0.926. The Labute approximate surface area is 92.0 Å². The molecular weight excluding hydrogens is 242 g/mol. The van der Waals surface area contributed by atoms with Gasteiger partial charge in [0.15, 0.2) is 0 Å². The zero-order valence-corrected chi connectivity index (χ0v) is 9.33. The average Bonchev–Trinajstić information content (AvgIpc) is 2.63. The van der Waals surface area contributed by atoms with Crippen LogP contribution in [0.15, 0.2) is 41.0 Å². The normalized spacial score (nSPS) is 20.4. The molecule has 0 saturated carbocycles. The second kappa shape index (κ2) is 4.62. The number of halogens is 1. The molecule has 14 heavy (non-hydrogen) atoms.